The third-order valence-corrected chi connectivity index (χ3v) is 24.2. The zero-order chi connectivity index (χ0) is 64.1. The van der Waals surface area contributed by atoms with E-state index < -0.39 is 0 Å². The van der Waals surface area contributed by atoms with Crippen molar-refractivity contribution in [3.8, 4) is 0 Å². The monoisotopic (exact) mass is 1230 g/mol. The highest BCUT2D eigenvalue weighted by Crippen LogP contribution is 2.47. The molecule has 0 bridgehead atoms. The summed E-state index contributed by atoms with van der Waals surface area (Å²) in [6, 6.07) is 1.76. The van der Waals surface area contributed by atoms with Crippen LogP contribution in [0, 0.1) is 71.0 Å². The molecule has 12 fully saturated rings. The number of amides is 4. The van der Waals surface area contributed by atoms with Gasteiger partial charge >= 0.3 is 11.9 Å². The average Bonchev–Trinajstić information content (AvgIpc) is 3.83. The summed E-state index contributed by atoms with van der Waals surface area (Å²) in [5.41, 5.74) is 1.81. The lowest BCUT2D eigenvalue weighted by Crippen LogP contribution is -2.41. The second-order valence-corrected chi connectivity index (χ2v) is 30.2. The highest BCUT2D eigenvalue weighted by Gasteiger charge is 2.40. The zero-order valence-electron chi connectivity index (χ0n) is 56.5. The largest absolute Gasteiger partial charge is 0.459 e. The van der Waals surface area contributed by atoms with E-state index in [4.69, 9.17) is 9.47 Å². The van der Waals surface area contributed by atoms with Gasteiger partial charge in [0.2, 0.25) is 23.6 Å². The molecule has 12 rings (SSSR count). The van der Waals surface area contributed by atoms with Gasteiger partial charge in [0.15, 0.2) is 0 Å². The smallest absolute Gasteiger partial charge is 0.333 e. The number of nitrogens with zero attached hydrogens (tertiary/aromatic N) is 2. The summed E-state index contributed by atoms with van der Waals surface area (Å²) in [6.45, 7) is 26.8. The fraction of sp³-hybridized carbons (Fsp3) is 0.766. The second-order valence-electron chi connectivity index (χ2n) is 30.2. The highest BCUT2D eigenvalue weighted by atomic mass is 16.5. The van der Waals surface area contributed by atoms with Gasteiger partial charge in [-0.15, -0.1) is 0 Å². The van der Waals surface area contributed by atoms with Gasteiger partial charge in [0.1, 0.15) is 12.2 Å². The molecule has 89 heavy (non-hydrogen) atoms. The highest BCUT2D eigenvalue weighted by molar-refractivity contribution is 5.93. The van der Waals surface area contributed by atoms with Gasteiger partial charge in [-0.25, -0.2) is 9.59 Å². The molecule has 0 aromatic heterocycles. The zero-order valence-corrected chi connectivity index (χ0v) is 56.5. The van der Waals surface area contributed by atoms with E-state index in [9.17, 15) is 28.8 Å². The molecule has 4 amide bonds. The number of rotatable bonds is 12. The van der Waals surface area contributed by atoms with Crippen molar-refractivity contribution in [3.05, 3.63) is 74.4 Å². The Morgan fingerprint density at radius 3 is 1.11 bits per heavy atom. The first-order valence-corrected chi connectivity index (χ1v) is 36.1. The normalized spacial score (nSPS) is 34.8. The topological polar surface area (TPSA) is 151 Å². The predicted molar refractivity (Wildman–Crippen MR) is 360 cm³/mol. The molecule has 0 spiro atoms. The maximum atomic E-state index is 11.9. The van der Waals surface area contributed by atoms with Gasteiger partial charge in [-0.3, -0.25) is 19.2 Å². The summed E-state index contributed by atoms with van der Waals surface area (Å²) in [7, 11) is 3.86. The van der Waals surface area contributed by atoms with Crippen molar-refractivity contribution < 1.29 is 38.2 Å². The number of likely N-dealkylation sites (N-methyl/N-ethyl adjacent to an activating group) is 2. The maximum absolute atomic E-state index is 11.9. The van der Waals surface area contributed by atoms with Gasteiger partial charge in [0.25, 0.3) is 0 Å². The Morgan fingerprint density at radius 2 is 0.730 bits per heavy atom. The van der Waals surface area contributed by atoms with Gasteiger partial charge in [-0.05, 0) is 220 Å². The number of esters is 2. The molecular formula is C77H122N4O8. The summed E-state index contributed by atoms with van der Waals surface area (Å²) < 4.78 is 10.7. The Bertz CT molecular complexity index is 2310. The quantitative estimate of drug-likeness (QED) is 0.145. The number of hydrogen-bond donors (Lipinski definition) is 2. The van der Waals surface area contributed by atoms with E-state index in [0.29, 0.717) is 40.9 Å². The van der Waals surface area contributed by atoms with Crippen LogP contribution in [0.2, 0.25) is 0 Å². The van der Waals surface area contributed by atoms with Crippen LogP contribution in [0.1, 0.15) is 252 Å². The Morgan fingerprint density at radius 1 is 0.371 bits per heavy atom. The third kappa shape index (κ3) is 21.7. The first kappa shape index (κ1) is 71.7. The van der Waals surface area contributed by atoms with Crippen LogP contribution in [0.25, 0.3) is 0 Å². The number of ether oxygens (including phenoxy) is 2. The first-order valence-electron chi connectivity index (χ1n) is 36.1. The molecular weight excluding hydrogens is 1110 g/mol. The summed E-state index contributed by atoms with van der Waals surface area (Å²) in [6.07, 6.45) is 51.1. The van der Waals surface area contributed by atoms with E-state index in [1.54, 1.807) is 20.8 Å². The Balaban J connectivity index is 0.000000152. The van der Waals surface area contributed by atoms with Gasteiger partial charge < -0.3 is 29.9 Å². The molecule has 18 unspecified atom stereocenters. The Kier molecular flexibility index (Phi) is 28.9. The van der Waals surface area contributed by atoms with Crippen LogP contribution >= 0.6 is 0 Å². The van der Waals surface area contributed by atoms with Crippen LogP contribution in [0.4, 0.5) is 0 Å². The van der Waals surface area contributed by atoms with Crippen molar-refractivity contribution in [2.45, 2.75) is 288 Å². The molecule has 498 valence electrons. The summed E-state index contributed by atoms with van der Waals surface area (Å²) in [5.74, 6) is 10.7. The molecule has 0 aromatic carbocycles. The molecule has 12 nitrogen and oxygen atoms in total. The molecule has 0 radical (unpaired) electrons. The van der Waals surface area contributed by atoms with Gasteiger partial charge in [-0.1, -0.05) is 155 Å². The van der Waals surface area contributed by atoms with E-state index in [1.807, 2.05) is 23.9 Å². The fourth-order valence-corrected chi connectivity index (χ4v) is 19.1. The number of fused-ring (bicyclic) bond motifs is 6. The third-order valence-electron chi connectivity index (χ3n) is 24.2. The molecule has 0 aromatic rings. The molecule has 12 aliphatic rings. The van der Waals surface area contributed by atoms with Gasteiger partial charge in [0, 0.05) is 61.1 Å². The lowest BCUT2D eigenvalue weighted by Gasteiger charge is -2.37. The van der Waals surface area contributed by atoms with Crippen LogP contribution in [0.15, 0.2) is 74.4 Å². The van der Waals surface area contributed by atoms with Crippen LogP contribution in [0.5, 0.6) is 0 Å². The minimum atomic E-state index is -0.258. The Hall–Kier alpha value is -4.74. The molecule has 2 N–H and O–H groups in total. The number of hydrogen-bond acceptors (Lipinski definition) is 8. The standard InChI is InChI=1S/C14H23NO.2C13H21NO.C13H20O2.C12H19NO.C12H18O2/c1-10(2)14(16)15(3)13-8-7-11-5-4-6-12(11)9-13;1-9(2)13(15)14-12-7-6-10-4-3-5-11(10)8-12;1-3-13(15)14(2)12-8-7-10-5-4-6-11(10)9-12;1-9(2)13(14)15-12-7-6-10-4-3-5-11(10)8-12;1-2-12(14)13-11-7-6-9-4-3-5-10(9)8-11;1-2-12(13)14-11-7-6-9-4-3-5-10(9)8-11/h11-13H,1,4-9H2,2-3H3;10-12H,1,3-8H2,2H3,(H,14,15);3,10-12H,1,4-9H2,2H3;10-12H,1,3-8H2,2H3;2,9-11H,1,3-8H2,(H,13,14);2,9-11H,1,3-8H2. The minimum Gasteiger partial charge on any atom is -0.459 e. The predicted octanol–water partition coefficient (Wildman–Crippen LogP) is 16.3. The molecule has 0 heterocycles. The number of carbonyl (C=O) groups is 6. The van der Waals surface area contributed by atoms with Crippen LogP contribution in [0.3, 0.4) is 0 Å². The molecule has 0 aliphatic heterocycles. The summed E-state index contributed by atoms with van der Waals surface area (Å²) in [4.78, 5) is 72.2. The fourth-order valence-electron chi connectivity index (χ4n) is 19.1. The average molecular weight is 1230 g/mol. The van der Waals surface area contributed by atoms with Crippen molar-refractivity contribution in [3.63, 3.8) is 0 Å². The first-order chi connectivity index (χ1) is 42.7. The molecule has 12 saturated carbocycles. The van der Waals surface area contributed by atoms with Crippen molar-refractivity contribution >= 4 is 35.6 Å². The van der Waals surface area contributed by atoms with Crippen LogP contribution in [-0.4, -0.2) is 95.8 Å². The lowest BCUT2D eigenvalue weighted by atomic mass is 9.78. The number of carbonyl (C=O) groups excluding carboxylic acids is 6. The van der Waals surface area contributed by atoms with Gasteiger partial charge in [0.05, 0.1) is 0 Å². The van der Waals surface area contributed by atoms with Crippen molar-refractivity contribution in [2.24, 2.45) is 71.0 Å². The van der Waals surface area contributed by atoms with E-state index in [0.717, 1.165) is 96.7 Å². The molecule has 12 heteroatoms. The van der Waals surface area contributed by atoms with Crippen LogP contribution < -0.4 is 10.6 Å². The van der Waals surface area contributed by atoms with E-state index in [1.165, 1.54) is 224 Å². The lowest BCUT2D eigenvalue weighted by molar-refractivity contribution is -0.147. The molecule has 12 aliphatic carbocycles. The van der Waals surface area contributed by atoms with Gasteiger partial charge in [-0.2, -0.15) is 0 Å². The SMILES string of the molecule is C=C(C)C(=O)N(C)C1CCC2CCCC2C1.C=C(C)C(=O)NC1CCC2CCCC2C1.C=C(C)C(=O)OC1CCC2CCCC2C1.C=CC(=O)N(C)C1CCC2CCCC2C1.C=CC(=O)NC1CCC2CCCC2C1.C=CC(=O)OC1CCC2CCCC2C1. The van der Waals surface area contributed by atoms with Crippen molar-refractivity contribution in [1.29, 1.82) is 0 Å². The minimum absolute atomic E-state index is 0.00792. The summed E-state index contributed by atoms with van der Waals surface area (Å²) >= 11 is 0. The second kappa shape index (κ2) is 35.9. The molecule has 0 saturated heterocycles. The number of nitrogens with one attached hydrogen (secondary N) is 2. The van der Waals surface area contributed by atoms with Crippen molar-refractivity contribution in [1.82, 2.24) is 20.4 Å². The van der Waals surface area contributed by atoms with Crippen LogP contribution in [-0.2, 0) is 38.2 Å². The summed E-state index contributed by atoms with van der Waals surface area (Å²) in [5, 5.41) is 6.12. The maximum Gasteiger partial charge on any atom is 0.333 e. The van der Waals surface area contributed by atoms with E-state index >= 15 is 0 Å². The molecule has 18 atom stereocenters. The Labute approximate surface area is 539 Å². The van der Waals surface area contributed by atoms with Crippen molar-refractivity contribution in [2.75, 3.05) is 14.1 Å². The van der Waals surface area contributed by atoms with E-state index in [2.05, 4.69) is 50.1 Å². The van der Waals surface area contributed by atoms with E-state index in [-0.39, 0.29) is 47.8 Å².